The first kappa shape index (κ1) is 20.7. The van der Waals surface area contributed by atoms with Crippen molar-refractivity contribution in [1.29, 1.82) is 0 Å². The molecule has 0 aromatic rings. The zero-order chi connectivity index (χ0) is 15.9. The Kier molecular flexibility index (Phi) is 14.4. The summed E-state index contributed by atoms with van der Waals surface area (Å²) in [6.07, 6.45) is 16.9. The quantitative estimate of drug-likeness (QED) is 0.270. The molecule has 0 aromatic carbocycles. The Morgan fingerprint density at radius 2 is 1.38 bits per heavy atom. The van der Waals surface area contributed by atoms with E-state index in [1.807, 2.05) is 6.08 Å². The fourth-order valence-electron chi connectivity index (χ4n) is 3.13. The predicted octanol–water partition coefficient (Wildman–Crippen LogP) is 6.51. The second-order valence-electron chi connectivity index (χ2n) is 7.11. The van der Waals surface area contributed by atoms with Gasteiger partial charge in [-0.3, -0.25) is 0 Å². The summed E-state index contributed by atoms with van der Waals surface area (Å²) in [5.41, 5.74) is 0. The van der Waals surface area contributed by atoms with Crippen molar-refractivity contribution in [2.24, 2.45) is 11.8 Å². The van der Waals surface area contributed by atoms with Gasteiger partial charge in [0, 0.05) is 0 Å². The number of unbranched alkanes of at least 4 members (excludes halogenated alkanes) is 6. The summed E-state index contributed by atoms with van der Waals surface area (Å²) in [7, 11) is 0. The summed E-state index contributed by atoms with van der Waals surface area (Å²) in [4.78, 5) is 0. The molecule has 0 unspecified atom stereocenters. The normalized spacial score (nSPS) is 15.6. The van der Waals surface area contributed by atoms with Gasteiger partial charge in [0.25, 0.3) is 0 Å². The molecule has 126 valence electrons. The van der Waals surface area contributed by atoms with Crippen LogP contribution in [0.15, 0.2) is 12.7 Å². The summed E-state index contributed by atoms with van der Waals surface area (Å²) < 4.78 is 0. The molecule has 0 saturated carbocycles. The zero-order valence-corrected chi connectivity index (χ0v) is 14.9. The molecular weight excluding hydrogens is 256 g/mol. The maximum Gasteiger partial charge on any atom is 0.0545 e. The molecule has 1 heteroatoms. The molecule has 0 aliphatic heterocycles. The van der Waals surface area contributed by atoms with Crippen LogP contribution in [0.1, 0.15) is 97.8 Å². The lowest BCUT2D eigenvalue weighted by Gasteiger charge is -2.19. The molecule has 0 heterocycles. The number of hydrogen-bond acceptors (Lipinski definition) is 1. The minimum absolute atomic E-state index is 0.0838. The van der Waals surface area contributed by atoms with Crippen LogP contribution in [0.3, 0.4) is 0 Å². The number of aliphatic hydroxyl groups is 1. The van der Waals surface area contributed by atoms with Gasteiger partial charge < -0.3 is 5.11 Å². The predicted molar refractivity (Wildman–Crippen MR) is 95.6 cm³/mol. The van der Waals surface area contributed by atoms with Crippen LogP contribution in [0.4, 0.5) is 0 Å². The maximum atomic E-state index is 10.2. The Morgan fingerprint density at radius 1 is 0.857 bits per heavy atom. The highest BCUT2D eigenvalue weighted by Crippen LogP contribution is 2.21. The highest BCUT2D eigenvalue weighted by molar-refractivity contribution is 4.67. The Hall–Kier alpha value is -0.300. The Bertz CT molecular complexity index is 224. The average molecular weight is 297 g/mol. The van der Waals surface area contributed by atoms with Crippen LogP contribution >= 0.6 is 0 Å². The molecule has 0 spiro atoms. The molecule has 0 aliphatic rings. The van der Waals surface area contributed by atoms with Gasteiger partial charge >= 0.3 is 0 Å². The molecule has 0 bridgehead atoms. The van der Waals surface area contributed by atoms with Crippen LogP contribution in [-0.2, 0) is 0 Å². The van der Waals surface area contributed by atoms with E-state index in [2.05, 4.69) is 27.4 Å². The lowest BCUT2D eigenvalue weighted by atomic mass is 9.90. The number of hydrogen-bond donors (Lipinski definition) is 1. The second-order valence-corrected chi connectivity index (χ2v) is 7.11. The van der Waals surface area contributed by atoms with E-state index in [4.69, 9.17) is 0 Å². The van der Waals surface area contributed by atoms with Crippen LogP contribution in [0.25, 0.3) is 0 Å². The van der Waals surface area contributed by atoms with Crippen molar-refractivity contribution < 1.29 is 5.11 Å². The Labute approximate surface area is 134 Å². The van der Waals surface area contributed by atoms with Crippen molar-refractivity contribution in [3.63, 3.8) is 0 Å². The van der Waals surface area contributed by atoms with E-state index < -0.39 is 0 Å². The SMILES string of the molecule is C=CCCCCCCC[C@H](C)C[C@H](O)C[C@@H](C)CCCC. The second kappa shape index (κ2) is 14.6. The zero-order valence-electron chi connectivity index (χ0n) is 14.9. The number of aliphatic hydroxyl groups excluding tert-OH is 1. The fourth-order valence-corrected chi connectivity index (χ4v) is 3.13. The third kappa shape index (κ3) is 14.4. The smallest absolute Gasteiger partial charge is 0.0545 e. The third-order valence-electron chi connectivity index (χ3n) is 4.50. The van der Waals surface area contributed by atoms with Crippen molar-refractivity contribution in [2.75, 3.05) is 0 Å². The number of allylic oxidation sites excluding steroid dienone is 1. The van der Waals surface area contributed by atoms with Gasteiger partial charge in [0.05, 0.1) is 6.10 Å². The summed E-state index contributed by atoms with van der Waals surface area (Å²) in [5.74, 6) is 1.35. The van der Waals surface area contributed by atoms with E-state index in [0.717, 1.165) is 12.8 Å². The lowest BCUT2D eigenvalue weighted by Crippen LogP contribution is -2.15. The average Bonchev–Trinajstić information content (AvgIpc) is 2.43. The molecule has 3 atom stereocenters. The van der Waals surface area contributed by atoms with Crippen LogP contribution in [0, 0.1) is 11.8 Å². The van der Waals surface area contributed by atoms with Gasteiger partial charge in [-0.05, 0) is 37.5 Å². The van der Waals surface area contributed by atoms with Crippen molar-refractivity contribution in [1.82, 2.24) is 0 Å². The molecule has 0 fully saturated rings. The van der Waals surface area contributed by atoms with Crippen molar-refractivity contribution in [3.05, 3.63) is 12.7 Å². The first-order chi connectivity index (χ1) is 10.1. The van der Waals surface area contributed by atoms with E-state index in [9.17, 15) is 5.11 Å². The molecule has 21 heavy (non-hydrogen) atoms. The highest BCUT2D eigenvalue weighted by atomic mass is 16.3. The van der Waals surface area contributed by atoms with Crippen molar-refractivity contribution >= 4 is 0 Å². The summed E-state index contributed by atoms with van der Waals surface area (Å²) in [6, 6.07) is 0. The third-order valence-corrected chi connectivity index (χ3v) is 4.50. The molecule has 0 saturated heterocycles. The summed E-state index contributed by atoms with van der Waals surface area (Å²) >= 11 is 0. The van der Waals surface area contributed by atoms with Gasteiger partial charge in [-0.1, -0.05) is 78.2 Å². The topological polar surface area (TPSA) is 20.2 Å². The van der Waals surface area contributed by atoms with Crippen LogP contribution in [0.2, 0.25) is 0 Å². The first-order valence-electron chi connectivity index (χ1n) is 9.39. The van der Waals surface area contributed by atoms with Gasteiger partial charge in [-0.25, -0.2) is 0 Å². The molecule has 1 nitrogen and oxygen atoms in total. The lowest BCUT2D eigenvalue weighted by molar-refractivity contribution is 0.115. The largest absolute Gasteiger partial charge is 0.393 e. The van der Waals surface area contributed by atoms with E-state index in [-0.39, 0.29) is 6.10 Å². The van der Waals surface area contributed by atoms with Gasteiger partial charge in [-0.2, -0.15) is 0 Å². The van der Waals surface area contributed by atoms with E-state index in [1.54, 1.807) is 0 Å². The Balaban J connectivity index is 3.50. The monoisotopic (exact) mass is 296 g/mol. The van der Waals surface area contributed by atoms with Crippen molar-refractivity contribution in [2.45, 2.75) is 104 Å². The minimum Gasteiger partial charge on any atom is -0.393 e. The summed E-state index contributed by atoms with van der Waals surface area (Å²) in [5, 5.41) is 10.2. The van der Waals surface area contributed by atoms with Crippen LogP contribution in [-0.4, -0.2) is 11.2 Å². The molecule has 1 N–H and O–H groups in total. The number of rotatable bonds is 15. The first-order valence-corrected chi connectivity index (χ1v) is 9.39. The molecule has 0 rings (SSSR count). The van der Waals surface area contributed by atoms with Gasteiger partial charge in [-0.15, -0.1) is 6.58 Å². The molecule has 0 amide bonds. The molecule has 0 aliphatic carbocycles. The van der Waals surface area contributed by atoms with Gasteiger partial charge in [0.15, 0.2) is 0 Å². The maximum absolute atomic E-state index is 10.2. The van der Waals surface area contributed by atoms with E-state index >= 15 is 0 Å². The van der Waals surface area contributed by atoms with Crippen LogP contribution in [0.5, 0.6) is 0 Å². The molecular formula is C20H40O. The minimum atomic E-state index is -0.0838. The van der Waals surface area contributed by atoms with Gasteiger partial charge in [0.2, 0.25) is 0 Å². The van der Waals surface area contributed by atoms with Gasteiger partial charge in [0.1, 0.15) is 0 Å². The van der Waals surface area contributed by atoms with Crippen LogP contribution < -0.4 is 0 Å². The standard InChI is InChI=1S/C20H40O/c1-5-7-9-10-11-12-13-15-19(4)17-20(21)16-18(3)14-8-6-2/h5,18-21H,1,6-17H2,2-4H3/t18-,19-,20+/m0/s1. The van der Waals surface area contributed by atoms with E-state index in [1.165, 1.54) is 64.2 Å². The summed E-state index contributed by atoms with van der Waals surface area (Å²) in [6.45, 7) is 10.6. The molecule has 0 radical (unpaired) electrons. The van der Waals surface area contributed by atoms with E-state index in [0.29, 0.717) is 11.8 Å². The molecule has 0 aromatic heterocycles. The fraction of sp³-hybridized carbons (Fsp3) is 0.900. The Morgan fingerprint density at radius 3 is 1.95 bits per heavy atom. The highest BCUT2D eigenvalue weighted by Gasteiger charge is 2.13. The van der Waals surface area contributed by atoms with Crippen molar-refractivity contribution in [3.8, 4) is 0 Å².